The Kier molecular flexibility index (Phi) is 5.33. The number of aryl methyl sites for hydroxylation is 2. The molecule has 1 aliphatic heterocycles. The minimum Gasteiger partial charge on any atom is -0.462 e. The van der Waals surface area contributed by atoms with Gasteiger partial charge in [0.25, 0.3) is 0 Å². The van der Waals surface area contributed by atoms with Crippen molar-refractivity contribution >= 4 is 28.6 Å². The number of para-hydroxylation sites is 3. The number of amides is 1. The number of aromatic nitrogens is 2. The minimum atomic E-state index is -0.301. The number of nitrogens with zero attached hydrogens (tertiary/aromatic N) is 3. The molecule has 0 radical (unpaired) electrons. The predicted molar refractivity (Wildman–Crippen MR) is 117 cm³/mol. The number of benzene rings is 2. The van der Waals surface area contributed by atoms with E-state index in [1.807, 2.05) is 79.6 Å². The van der Waals surface area contributed by atoms with Crippen molar-refractivity contribution in [2.75, 3.05) is 11.4 Å². The highest BCUT2D eigenvalue weighted by Crippen LogP contribution is 2.36. The van der Waals surface area contributed by atoms with E-state index in [9.17, 15) is 9.59 Å². The molecule has 1 aliphatic rings. The SMILES string of the molecule is Cc1cccc(C)c1N1C[C@H](c2nc3ccccc3n2CC(=O)OC(C)C)CC1=O. The highest BCUT2D eigenvalue weighted by molar-refractivity contribution is 5.98. The predicted octanol–water partition coefficient (Wildman–Crippen LogP) is 4.13. The third-order valence-electron chi connectivity index (χ3n) is 5.54. The zero-order valence-electron chi connectivity index (χ0n) is 17.9. The Bertz CT molecular complexity index is 1100. The Hall–Kier alpha value is -3.15. The fourth-order valence-electron chi connectivity index (χ4n) is 4.33. The van der Waals surface area contributed by atoms with Crippen molar-refractivity contribution in [2.24, 2.45) is 0 Å². The smallest absolute Gasteiger partial charge is 0.326 e. The van der Waals surface area contributed by atoms with Gasteiger partial charge in [-0.1, -0.05) is 30.3 Å². The zero-order valence-corrected chi connectivity index (χ0v) is 17.9. The lowest BCUT2D eigenvalue weighted by molar-refractivity contribution is -0.148. The molecule has 3 aromatic rings. The monoisotopic (exact) mass is 405 g/mol. The van der Waals surface area contributed by atoms with E-state index < -0.39 is 0 Å². The van der Waals surface area contributed by atoms with Gasteiger partial charge in [-0.15, -0.1) is 0 Å². The van der Waals surface area contributed by atoms with Crippen LogP contribution in [0.15, 0.2) is 42.5 Å². The third kappa shape index (κ3) is 3.70. The summed E-state index contributed by atoms with van der Waals surface area (Å²) in [5, 5.41) is 0. The van der Waals surface area contributed by atoms with E-state index in [-0.39, 0.29) is 30.4 Å². The maximum atomic E-state index is 13.0. The molecule has 0 spiro atoms. The number of carbonyl (C=O) groups is 2. The van der Waals surface area contributed by atoms with Crippen LogP contribution in [0, 0.1) is 13.8 Å². The Morgan fingerprint density at radius 2 is 1.83 bits per heavy atom. The Labute approximate surface area is 176 Å². The number of carbonyl (C=O) groups excluding carboxylic acids is 2. The number of rotatable bonds is 5. The molecule has 1 aromatic heterocycles. The van der Waals surface area contributed by atoms with E-state index in [0.717, 1.165) is 33.7 Å². The van der Waals surface area contributed by atoms with Gasteiger partial charge in [0.2, 0.25) is 5.91 Å². The van der Waals surface area contributed by atoms with Crippen molar-refractivity contribution in [2.45, 2.75) is 52.7 Å². The van der Waals surface area contributed by atoms with E-state index in [1.54, 1.807) is 0 Å². The number of hydrogen-bond donors (Lipinski definition) is 0. The molecule has 0 N–H and O–H groups in total. The zero-order chi connectivity index (χ0) is 21.4. The molecule has 6 heteroatoms. The van der Waals surface area contributed by atoms with Gasteiger partial charge in [0, 0.05) is 24.6 Å². The molecule has 30 heavy (non-hydrogen) atoms. The first-order valence-corrected chi connectivity index (χ1v) is 10.4. The van der Waals surface area contributed by atoms with Gasteiger partial charge in [0.15, 0.2) is 0 Å². The fraction of sp³-hybridized carbons (Fsp3) is 0.375. The molecule has 0 unspecified atom stereocenters. The number of esters is 1. The molecule has 1 atom stereocenters. The minimum absolute atomic E-state index is 0.0840. The first-order valence-electron chi connectivity index (χ1n) is 10.4. The second-order valence-corrected chi connectivity index (χ2v) is 8.23. The van der Waals surface area contributed by atoms with Gasteiger partial charge in [0.05, 0.1) is 17.1 Å². The number of hydrogen-bond acceptors (Lipinski definition) is 4. The summed E-state index contributed by atoms with van der Waals surface area (Å²) in [7, 11) is 0. The molecule has 2 aromatic carbocycles. The second-order valence-electron chi connectivity index (χ2n) is 8.23. The molecule has 0 aliphatic carbocycles. The van der Waals surface area contributed by atoms with Crippen molar-refractivity contribution in [1.29, 1.82) is 0 Å². The Morgan fingerprint density at radius 3 is 2.53 bits per heavy atom. The summed E-state index contributed by atoms with van der Waals surface area (Å²) >= 11 is 0. The molecule has 0 saturated carbocycles. The third-order valence-corrected chi connectivity index (χ3v) is 5.54. The molecule has 4 rings (SSSR count). The normalized spacial score (nSPS) is 16.6. The van der Waals surface area contributed by atoms with Gasteiger partial charge in [-0.05, 0) is 51.0 Å². The second kappa shape index (κ2) is 7.94. The standard InChI is InChI=1S/C24H27N3O3/c1-15(2)30-22(29)14-26-20-11-6-5-10-19(20)25-24(26)18-12-21(28)27(13-18)23-16(3)8-7-9-17(23)4/h5-11,15,18H,12-14H2,1-4H3/t18-/m1/s1. The van der Waals surface area contributed by atoms with Crippen LogP contribution < -0.4 is 4.90 Å². The maximum absolute atomic E-state index is 13.0. The Morgan fingerprint density at radius 1 is 1.13 bits per heavy atom. The van der Waals surface area contributed by atoms with Gasteiger partial charge in [0.1, 0.15) is 12.4 Å². The molecular formula is C24H27N3O3. The molecule has 1 fully saturated rings. The first kappa shape index (κ1) is 20.1. The van der Waals surface area contributed by atoms with Crippen molar-refractivity contribution in [1.82, 2.24) is 9.55 Å². The molecule has 156 valence electrons. The van der Waals surface area contributed by atoms with Crippen LogP contribution in [0.25, 0.3) is 11.0 Å². The van der Waals surface area contributed by atoms with Crippen LogP contribution in [0.1, 0.15) is 43.1 Å². The summed E-state index contributed by atoms with van der Waals surface area (Å²) in [5.41, 5.74) is 4.84. The molecule has 0 bridgehead atoms. The lowest BCUT2D eigenvalue weighted by atomic mass is 10.1. The molecule has 6 nitrogen and oxygen atoms in total. The summed E-state index contributed by atoms with van der Waals surface area (Å²) in [6.45, 7) is 8.36. The highest BCUT2D eigenvalue weighted by Gasteiger charge is 2.36. The van der Waals surface area contributed by atoms with Crippen LogP contribution in [0.3, 0.4) is 0 Å². The lowest BCUT2D eigenvalue weighted by Gasteiger charge is -2.21. The molecule has 1 amide bonds. The van der Waals surface area contributed by atoms with Gasteiger partial charge in [-0.25, -0.2) is 4.98 Å². The van der Waals surface area contributed by atoms with Crippen LogP contribution >= 0.6 is 0 Å². The maximum Gasteiger partial charge on any atom is 0.326 e. The van der Waals surface area contributed by atoms with Gasteiger partial charge < -0.3 is 14.2 Å². The summed E-state index contributed by atoms with van der Waals surface area (Å²) in [5.74, 6) is 0.459. The van der Waals surface area contributed by atoms with Crippen LogP contribution in [0.2, 0.25) is 0 Å². The Balaban J connectivity index is 1.70. The van der Waals surface area contributed by atoms with Crippen molar-refractivity contribution in [3.63, 3.8) is 0 Å². The van der Waals surface area contributed by atoms with Crippen molar-refractivity contribution in [3.05, 3.63) is 59.4 Å². The summed E-state index contributed by atoms with van der Waals surface area (Å²) in [4.78, 5) is 32.1. The largest absolute Gasteiger partial charge is 0.462 e. The molecular weight excluding hydrogens is 378 g/mol. The summed E-state index contributed by atoms with van der Waals surface area (Å²) in [6.07, 6.45) is 0.194. The van der Waals surface area contributed by atoms with Crippen LogP contribution in [-0.4, -0.2) is 34.1 Å². The number of anilines is 1. The number of fused-ring (bicyclic) bond motifs is 1. The quantitative estimate of drug-likeness (QED) is 0.599. The topological polar surface area (TPSA) is 64.4 Å². The number of imidazole rings is 1. The van der Waals surface area contributed by atoms with Crippen molar-refractivity contribution < 1.29 is 14.3 Å². The van der Waals surface area contributed by atoms with E-state index in [0.29, 0.717) is 13.0 Å². The summed E-state index contributed by atoms with van der Waals surface area (Å²) < 4.78 is 7.28. The average Bonchev–Trinajstić information content (AvgIpc) is 3.22. The average molecular weight is 405 g/mol. The number of ether oxygens (including phenoxy) is 1. The molecule has 1 saturated heterocycles. The first-order chi connectivity index (χ1) is 14.3. The fourth-order valence-corrected chi connectivity index (χ4v) is 4.33. The van der Waals surface area contributed by atoms with Crippen LogP contribution in [-0.2, 0) is 20.9 Å². The van der Waals surface area contributed by atoms with Crippen molar-refractivity contribution in [3.8, 4) is 0 Å². The van der Waals surface area contributed by atoms with E-state index in [1.165, 1.54) is 0 Å². The van der Waals surface area contributed by atoms with Gasteiger partial charge >= 0.3 is 5.97 Å². The van der Waals surface area contributed by atoms with Crippen LogP contribution in [0.4, 0.5) is 5.69 Å². The van der Waals surface area contributed by atoms with Gasteiger partial charge in [-0.3, -0.25) is 9.59 Å². The van der Waals surface area contributed by atoms with E-state index in [2.05, 4.69) is 0 Å². The van der Waals surface area contributed by atoms with E-state index in [4.69, 9.17) is 9.72 Å². The molecule has 2 heterocycles. The van der Waals surface area contributed by atoms with Crippen LogP contribution in [0.5, 0.6) is 0 Å². The lowest BCUT2D eigenvalue weighted by Crippen LogP contribution is -2.26. The van der Waals surface area contributed by atoms with E-state index >= 15 is 0 Å². The van der Waals surface area contributed by atoms with Gasteiger partial charge in [-0.2, -0.15) is 0 Å². The highest BCUT2D eigenvalue weighted by atomic mass is 16.5. The summed E-state index contributed by atoms with van der Waals surface area (Å²) in [6, 6.07) is 13.8.